The van der Waals surface area contributed by atoms with Crippen molar-refractivity contribution in [2.75, 3.05) is 6.61 Å². The van der Waals surface area contributed by atoms with E-state index in [1.807, 2.05) is 6.92 Å². The number of nitro groups is 1. The van der Waals surface area contributed by atoms with Crippen LogP contribution in [0.3, 0.4) is 0 Å². The lowest BCUT2D eigenvalue weighted by Crippen LogP contribution is -2.21. The van der Waals surface area contributed by atoms with Crippen molar-refractivity contribution >= 4 is 15.8 Å². The van der Waals surface area contributed by atoms with E-state index in [9.17, 15) is 23.6 Å². The van der Waals surface area contributed by atoms with Gasteiger partial charge in [-0.3, -0.25) is 14.3 Å². The molecule has 2 rings (SSSR count). The Balaban J connectivity index is 1.93. The summed E-state index contributed by atoms with van der Waals surface area (Å²) < 4.78 is 28.9. The molecule has 1 atom stereocenters. The molecule has 0 amide bonds. The number of hydrogen-bond donors (Lipinski definition) is 1. The summed E-state index contributed by atoms with van der Waals surface area (Å²) in [7, 11) is -3.93. The van der Waals surface area contributed by atoms with Crippen molar-refractivity contribution in [3.63, 3.8) is 0 Å². The third-order valence-corrected chi connectivity index (χ3v) is 4.64. The zero-order chi connectivity index (χ0) is 17.7. The molecule has 7 nitrogen and oxygen atoms in total. The molecule has 0 spiro atoms. The Labute approximate surface area is 139 Å². The van der Waals surface area contributed by atoms with E-state index in [4.69, 9.17) is 4.18 Å². The number of aliphatic hydroxyl groups is 1. The van der Waals surface area contributed by atoms with Gasteiger partial charge in [0.05, 0.1) is 22.5 Å². The van der Waals surface area contributed by atoms with E-state index in [1.54, 1.807) is 12.1 Å². The van der Waals surface area contributed by atoms with Crippen molar-refractivity contribution in [1.29, 1.82) is 0 Å². The quantitative estimate of drug-likeness (QED) is 0.466. The fourth-order valence-electron chi connectivity index (χ4n) is 2.03. The smallest absolute Gasteiger partial charge is 0.297 e. The lowest BCUT2D eigenvalue weighted by Gasteiger charge is -2.11. The third kappa shape index (κ3) is 4.85. The van der Waals surface area contributed by atoms with Gasteiger partial charge in [-0.1, -0.05) is 29.8 Å². The standard InChI is InChI=1S/C16H17NO6S/c1-12-2-8-16(9-3-12)24(21,22)23-11-15(18)10-13-4-6-14(7-5-13)17(19)20/h2-9,15,18H,10-11H2,1H3. The number of nitrogens with zero attached hydrogens (tertiary/aromatic N) is 1. The molecule has 0 aliphatic rings. The fraction of sp³-hybridized carbons (Fsp3) is 0.250. The molecule has 8 heteroatoms. The lowest BCUT2D eigenvalue weighted by molar-refractivity contribution is -0.384. The molecule has 2 aromatic carbocycles. The average molecular weight is 351 g/mol. The van der Waals surface area contributed by atoms with Gasteiger partial charge in [0.15, 0.2) is 0 Å². The Kier molecular flexibility index (Phi) is 5.66. The molecule has 0 aliphatic heterocycles. The molecule has 0 saturated heterocycles. The highest BCUT2D eigenvalue weighted by atomic mass is 32.2. The largest absolute Gasteiger partial charge is 0.390 e. The molecule has 128 valence electrons. The lowest BCUT2D eigenvalue weighted by atomic mass is 10.1. The Hall–Kier alpha value is -2.29. The minimum Gasteiger partial charge on any atom is -0.390 e. The summed E-state index contributed by atoms with van der Waals surface area (Å²) in [5.74, 6) is 0. The van der Waals surface area contributed by atoms with Gasteiger partial charge >= 0.3 is 0 Å². The van der Waals surface area contributed by atoms with Crippen LogP contribution in [0.4, 0.5) is 5.69 Å². The van der Waals surface area contributed by atoms with Gasteiger partial charge < -0.3 is 5.11 Å². The minimum absolute atomic E-state index is 0.0237. The van der Waals surface area contributed by atoms with Gasteiger partial charge in [0.2, 0.25) is 0 Å². The summed E-state index contributed by atoms with van der Waals surface area (Å²) >= 11 is 0. The van der Waals surface area contributed by atoms with Crippen LogP contribution in [0.2, 0.25) is 0 Å². The van der Waals surface area contributed by atoms with Crippen LogP contribution >= 0.6 is 0 Å². The van der Waals surface area contributed by atoms with Gasteiger partial charge in [-0.25, -0.2) is 0 Å². The highest BCUT2D eigenvalue weighted by molar-refractivity contribution is 7.86. The molecule has 2 aromatic rings. The van der Waals surface area contributed by atoms with Gasteiger partial charge in [-0.15, -0.1) is 0 Å². The van der Waals surface area contributed by atoms with Gasteiger partial charge in [-0.05, 0) is 24.6 Å². The molecule has 0 radical (unpaired) electrons. The SMILES string of the molecule is Cc1ccc(S(=O)(=O)OCC(O)Cc2ccc([N+](=O)[O-])cc2)cc1. The topological polar surface area (TPSA) is 107 Å². The Morgan fingerprint density at radius 3 is 2.25 bits per heavy atom. The van der Waals surface area contributed by atoms with Gasteiger partial charge in [0.25, 0.3) is 15.8 Å². The summed E-state index contributed by atoms with van der Waals surface area (Å²) in [5.41, 5.74) is 1.52. The van der Waals surface area contributed by atoms with E-state index >= 15 is 0 Å². The second-order valence-electron chi connectivity index (χ2n) is 5.33. The fourth-order valence-corrected chi connectivity index (χ4v) is 2.97. The number of non-ortho nitro benzene ring substituents is 1. The van der Waals surface area contributed by atoms with E-state index in [1.165, 1.54) is 36.4 Å². The van der Waals surface area contributed by atoms with Crippen molar-refractivity contribution < 1.29 is 22.6 Å². The van der Waals surface area contributed by atoms with E-state index in [0.29, 0.717) is 5.56 Å². The maximum Gasteiger partial charge on any atom is 0.297 e. The van der Waals surface area contributed by atoms with E-state index in [2.05, 4.69) is 0 Å². The van der Waals surface area contributed by atoms with Gasteiger partial charge in [-0.2, -0.15) is 8.42 Å². The third-order valence-electron chi connectivity index (χ3n) is 3.34. The van der Waals surface area contributed by atoms with Crippen LogP contribution in [-0.2, 0) is 20.7 Å². The molecule has 0 saturated carbocycles. The summed E-state index contributed by atoms with van der Waals surface area (Å²) in [6, 6.07) is 11.9. The van der Waals surface area contributed by atoms with Gasteiger partial charge in [0, 0.05) is 18.6 Å². The van der Waals surface area contributed by atoms with E-state index < -0.39 is 27.8 Å². The zero-order valence-corrected chi connectivity index (χ0v) is 13.8. The maximum atomic E-state index is 12.0. The number of rotatable bonds is 7. The summed E-state index contributed by atoms with van der Waals surface area (Å²) in [6.45, 7) is 1.44. The first-order chi connectivity index (χ1) is 11.3. The van der Waals surface area contributed by atoms with Crippen LogP contribution < -0.4 is 0 Å². The molecule has 0 aliphatic carbocycles. The van der Waals surface area contributed by atoms with Crippen molar-refractivity contribution in [2.24, 2.45) is 0 Å². The Morgan fingerprint density at radius 2 is 1.71 bits per heavy atom. The zero-order valence-electron chi connectivity index (χ0n) is 13.0. The molecular weight excluding hydrogens is 334 g/mol. The monoisotopic (exact) mass is 351 g/mol. The number of aliphatic hydroxyl groups excluding tert-OH is 1. The van der Waals surface area contributed by atoms with Crippen LogP contribution in [0, 0.1) is 17.0 Å². The minimum atomic E-state index is -3.93. The molecule has 0 heterocycles. The molecule has 1 unspecified atom stereocenters. The highest BCUT2D eigenvalue weighted by Crippen LogP contribution is 2.16. The number of aryl methyl sites for hydroxylation is 1. The van der Waals surface area contributed by atoms with Crippen LogP contribution in [0.25, 0.3) is 0 Å². The van der Waals surface area contributed by atoms with Crippen molar-refractivity contribution in [3.05, 3.63) is 69.8 Å². The predicted octanol–water partition coefficient (Wildman–Crippen LogP) is 2.21. The average Bonchev–Trinajstić information content (AvgIpc) is 2.54. The Bertz CT molecular complexity index is 799. The second-order valence-corrected chi connectivity index (χ2v) is 6.95. The van der Waals surface area contributed by atoms with Crippen molar-refractivity contribution in [1.82, 2.24) is 0 Å². The number of nitro benzene ring substituents is 1. The highest BCUT2D eigenvalue weighted by Gasteiger charge is 2.17. The molecular formula is C16H17NO6S. The summed E-state index contributed by atoms with van der Waals surface area (Å²) in [4.78, 5) is 10.1. The first-order valence-electron chi connectivity index (χ1n) is 7.15. The number of hydrogen-bond acceptors (Lipinski definition) is 6. The predicted molar refractivity (Wildman–Crippen MR) is 87.1 cm³/mol. The number of benzene rings is 2. The van der Waals surface area contributed by atoms with E-state index in [-0.39, 0.29) is 17.0 Å². The van der Waals surface area contributed by atoms with Crippen LogP contribution in [-0.4, -0.2) is 31.2 Å². The first kappa shape index (κ1) is 18.1. The molecule has 0 bridgehead atoms. The first-order valence-corrected chi connectivity index (χ1v) is 8.56. The van der Waals surface area contributed by atoms with Crippen LogP contribution in [0.15, 0.2) is 53.4 Å². The molecule has 0 fully saturated rings. The molecule has 0 aromatic heterocycles. The van der Waals surface area contributed by atoms with Crippen molar-refractivity contribution in [2.45, 2.75) is 24.3 Å². The molecule has 1 N–H and O–H groups in total. The Morgan fingerprint density at radius 1 is 1.12 bits per heavy atom. The normalized spacial score (nSPS) is 12.8. The van der Waals surface area contributed by atoms with E-state index in [0.717, 1.165) is 5.56 Å². The van der Waals surface area contributed by atoms with Crippen molar-refractivity contribution in [3.8, 4) is 0 Å². The summed E-state index contributed by atoms with van der Waals surface area (Å²) in [6.07, 6.45) is -0.923. The summed E-state index contributed by atoms with van der Waals surface area (Å²) in [5, 5.41) is 20.5. The maximum absolute atomic E-state index is 12.0. The van der Waals surface area contributed by atoms with Crippen LogP contribution in [0.1, 0.15) is 11.1 Å². The van der Waals surface area contributed by atoms with Gasteiger partial charge in [0.1, 0.15) is 0 Å². The molecule has 24 heavy (non-hydrogen) atoms. The second kappa shape index (κ2) is 7.52. The van der Waals surface area contributed by atoms with Crippen LogP contribution in [0.5, 0.6) is 0 Å².